The lowest BCUT2D eigenvalue weighted by Gasteiger charge is -2.35. The molecule has 11 heteroatoms. The van der Waals surface area contributed by atoms with Crippen molar-refractivity contribution in [3.63, 3.8) is 0 Å². The van der Waals surface area contributed by atoms with E-state index in [1.54, 1.807) is 43.3 Å². The van der Waals surface area contributed by atoms with Gasteiger partial charge >= 0.3 is 0 Å². The van der Waals surface area contributed by atoms with Gasteiger partial charge in [0.1, 0.15) is 18.3 Å². The molecule has 3 rings (SSSR count). The van der Waals surface area contributed by atoms with Gasteiger partial charge in [-0.1, -0.05) is 60.5 Å². The number of sulfonamides is 1. The number of nitrogens with one attached hydrogen (secondary N) is 1. The number of methoxy groups -OCH3 is 1. The fraction of sp³-hybridized carbons (Fsp3) is 0.333. The molecule has 0 saturated carbocycles. The van der Waals surface area contributed by atoms with Gasteiger partial charge in [-0.05, 0) is 75.2 Å². The molecule has 0 aliphatic carbocycles. The summed E-state index contributed by atoms with van der Waals surface area (Å²) < 4.78 is 34.1. The van der Waals surface area contributed by atoms with Crippen LogP contribution in [0.25, 0.3) is 0 Å². The van der Waals surface area contributed by atoms with Crippen LogP contribution in [-0.4, -0.2) is 50.4 Å². The van der Waals surface area contributed by atoms with Crippen molar-refractivity contribution >= 4 is 50.7 Å². The average molecular weight is 621 g/mol. The molecule has 0 aliphatic rings. The molecule has 2 amide bonds. The van der Waals surface area contributed by atoms with Crippen molar-refractivity contribution in [2.45, 2.75) is 57.1 Å². The van der Waals surface area contributed by atoms with Crippen LogP contribution in [-0.2, 0) is 26.2 Å². The van der Waals surface area contributed by atoms with E-state index in [-0.39, 0.29) is 28.1 Å². The third-order valence-corrected chi connectivity index (χ3v) is 8.47. The number of benzene rings is 3. The van der Waals surface area contributed by atoms with Crippen molar-refractivity contribution in [1.29, 1.82) is 0 Å². The fourth-order valence-electron chi connectivity index (χ4n) is 4.26. The maximum Gasteiger partial charge on any atom is 0.264 e. The molecule has 0 aromatic heterocycles. The predicted octanol–water partition coefficient (Wildman–Crippen LogP) is 5.92. The molecule has 1 unspecified atom stereocenters. The highest BCUT2D eigenvalue weighted by Crippen LogP contribution is 2.33. The average Bonchev–Trinajstić information content (AvgIpc) is 2.91. The summed E-state index contributed by atoms with van der Waals surface area (Å²) in [6, 6.07) is 18.4. The summed E-state index contributed by atoms with van der Waals surface area (Å²) in [7, 11) is -2.71. The summed E-state index contributed by atoms with van der Waals surface area (Å²) in [6.45, 7) is 6.78. The number of hydrogen-bond donors (Lipinski definition) is 1. The second-order valence-corrected chi connectivity index (χ2v) is 13.2. The summed E-state index contributed by atoms with van der Waals surface area (Å²) >= 11 is 12.6. The van der Waals surface area contributed by atoms with Gasteiger partial charge in [0.2, 0.25) is 11.8 Å². The first-order chi connectivity index (χ1) is 19.3. The molecule has 1 N–H and O–H groups in total. The molecule has 0 fully saturated rings. The van der Waals surface area contributed by atoms with Crippen molar-refractivity contribution in [2.24, 2.45) is 0 Å². The van der Waals surface area contributed by atoms with Crippen molar-refractivity contribution in [1.82, 2.24) is 10.2 Å². The number of halogens is 2. The number of anilines is 1. The summed E-state index contributed by atoms with van der Waals surface area (Å²) in [5, 5.41) is 3.31. The molecule has 41 heavy (non-hydrogen) atoms. The van der Waals surface area contributed by atoms with Gasteiger partial charge in [0.05, 0.1) is 22.7 Å². The maximum absolute atomic E-state index is 14.2. The van der Waals surface area contributed by atoms with E-state index in [2.05, 4.69) is 5.32 Å². The third-order valence-electron chi connectivity index (χ3n) is 6.16. The largest absolute Gasteiger partial charge is 0.497 e. The second-order valence-electron chi connectivity index (χ2n) is 10.5. The zero-order valence-corrected chi connectivity index (χ0v) is 26.1. The lowest BCUT2D eigenvalue weighted by molar-refractivity contribution is -0.141. The van der Waals surface area contributed by atoms with Crippen LogP contribution in [0.15, 0.2) is 77.7 Å². The van der Waals surface area contributed by atoms with E-state index in [1.807, 2.05) is 26.8 Å². The van der Waals surface area contributed by atoms with Crippen molar-refractivity contribution in [3.05, 3.63) is 88.4 Å². The SMILES string of the molecule is CCC(C(=O)NC(C)(C)C)N(Cc1cccc(OC)c1)C(=O)CN(c1ccc(Cl)cc1Cl)S(=O)(=O)c1ccccc1. The predicted molar refractivity (Wildman–Crippen MR) is 163 cm³/mol. The van der Waals surface area contributed by atoms with E-state index < -0.39 is 34.1 Å². The van der Waals surface area contributed by atoms with Crippen molar-refractivity contribution in [3.8, 4) is 5.75 Å². The van der Waals surface area contributed by atoms with Gasteiger partial charge in [-0.2, -0.15) is 0 Å². The Kier molecular flexibility index (Phi) is 10.7. The van der Waals surface area contributed by atoms with Crippen LogP contribution in [0, 0.1) is 0 Å². The number of carbonyl (C=O) groups excluding carboxylic acids is 2. The number of rotatable bonds is 11. The number of nitrogens with zero attached hydrogens (tertiary/aromatic N) is 2. The summed E-state index contributed by atoms with van der Waals surface area (Å²) in [6.07, 6.45) is 0.296. The van der Waals surface area contributed by atoms with E-state index >= 15 is 0 Å². The van der Waals surface area contributed by atoms with Gasteiger partial charge in [0, 0.05) is 17.1 Å². The molecule has 0 spiro atoms. The lowest BCUT2D eigenvalue weighted by atomic mass is 10.1. The molecule has 3 aromatic rings. The van der Waals surface area contributed by atoms with Crippen molar-refractivity contribution in [2.75, 3.05) is 18.0 Å². The Hall–Kier alpha value is -3.27. The molecular weight excluding hydrogens is 585 g/mol. The first-order valence-electron chi connectivity index (χ1n) is 13.0. The van der Waals surface area contributed by atoms with Crippen molar-refractivity contribution < 1.29 is 22.7 Å². The van der Waals surface area contributed by atoms with Crippen LogP contribution in [0.4, 0.5) is 5.69 Å². The maximum atomic E-state index is 14.2. The summed E-state index contributed by atoms with van der Waals surface area (Å²) in [5.41, 5.74) is 0.248. The first-order valence-corrected chi connectivity index (χ1v) is 15.2. The molecule has 220 valence electrons. The van der Waals surface area contributed by atoms with Gasteiger partial charge in [0.15, 0.2) is 0 Å². The second kappa shape index (κ2) is 13.6. The highest BCUT2D eigenvalue weighted by atomic mass is 35.5. The minimum atomic E-state index is -4.25. The number of carbonyl (C=O) groups is 2. The summed E-state index contributed by atoms with van der Waals surface area (Å²) in [5.74, 6) is -0.351. The first kappa shape index (κ1) is 32.2. The Morgan fingerprint density at radius 2 is 1.66 bits per heavy atom. The van der Waals surface area contributed by atoms with Gasteiger partial charge in [-0.15, -0.1) is 0 Å². The standard InChI is InChI=1S/C30H35Cl2N3O5S/c1-6-26(29(37)33-30(2,3)4)34(19-21-11-10-12-23(17-21)40-5)28(36)20-35(27-16-15-22(31)18-25(27)32)41(38,39)24-13-8-7-9-14-24/h7-18,26H,6,19-20H2,1-5H3,(H,33,37). The normalized spacial score (nSPS) is 12.4. The Bertz CT molecular complexity index is 1480. The van der Waals surface area contributed by atoms with E-state index in [0.29, 0.717) is 22.8 Å². The minimum Gasteiger partial charge on any atom is -0.497 e. The highest BCUT2D eigenvalue weighted by Gasteiger charge is 2.35. The number of hydrogen-bond acceptors (Lipinski definition) is 5. The molecule has 0 heterocycles. The third kappa shape index (κ3) is 8.38. The van der Waals surface area contributed by atoms with E-state index in [0.717, 1.165) is 4.31 Å². The topological polar surface area (TPSA) is 96.0 Å². The smallest absolute Gasteiger partial charge is 0.264 e. The lowest BCUT2D eigenvalue weighted by Crippen LogP contribution is -2.55. The minimum absolute atomic E-state index is 0.0179. The number of ether oxygens (including phenoxy) is 1. The molecule has 3 aromatic carbocycles. The quantitative estimate of drug-likeness (QED) is 0.287. The van der Waals surface area contributed by atoms with Gasteiger partial charge < -0.3 is 15.0 Å². The molecular formula is C30H35Cl2N3O5S. The zero-order chi connectivity index (χ0) is 30.4. The van der Waals surface area contributed by atoms with Crippen LogP contribution in [0.1, 0.15) is 39.7 Å². The summed E-state index contributed by atoms with van der Waals surface area (Å²) in [4.78, 5) is 28.9. The van der Waals surface area contributed by atoms with Crippen LogP contribution >= 0.6 is 23.2 Å². The Balaban J connectivity index is 2.10. The van der Waals surface area contributed by atoms with E-state index in [9.17, 15) is 18.0 Å². The van der Waals surface area contributed by atoms with E-state index in [4.69, 9.17) is 27.9 Å². The van der Waals surface area contributed by atoms with Gasteiger partial charge in [-0.25, -0.2) is 8.42 Å². The molecule has 8 nitrogen and oxygen atoms in total. The van der Waals surface area contributed by atoms with Gasteiger partial charge in [-0.3, -0.25) is 13.9 Å². The number of amides is 2. The molecule has 0 radical (unpaired) electrons. The molecule has 0 aliphatic heterocycles. The van der Waals surface area contributed by atoms with Crippen LogP contribution in [0.2, 0.25) is 10.0 Å². The van der Waals surface area contributed by atoms with Crippen LogP contribution in [0.3, 0.4) is 0 Å². The highest BCUT2D eigenvalue weighted by molar-refractivity contribution is 7.92. The fourth-order valence-corrected chi connectivity index (χ4v) is 6.27. The molecule has 0 saturated heterocycles. The van der Waals surface area contributed by atoms with Crippen LogP contribution in [0.5, 0.6) is 5.75 Å². The Morgan fingerprint density at radius 3 is 2.24 bits per heavy atom. The van der Waals surface area contributed by atoms with Crippen LogP contribution < -0.4 is 14.4 Å². The van der Waals surface area contributed by atoms with Gasteiger partial charge in [0.25, 0.3) is 10.0 Å². The monoisotopic (exact) mass is 619 g/mol. The Morgan fingerprint density at radius 1 is 0.976 bits per heavy atom. The van der Waals surface area contributed by atoms with E-state index in [1.165, 1.54) is 42.3 Å². The molecule has 1 atom stereocenters. The molecule has 0 bridgehead atoms. The Labute approximate surface area is 252 Å². The zero-order valence-electron chi connectivity index (χ0n) is 23.7.